The number of hydrogen-bond donors (Lipinski definition) is 0. The highest BCUT2D eigenvalue weighted by Crippen LogP contribution is 2.23. The Morgan fingerprint density at radius 1 is 1.36 bits per heavy atom. The Balaban J connectivity index is 2.23. The molecular weight excluding hydrogens is 172 g/mol. The van der Waals surface area contributed by atoms with Crippen molar-refractivity contribution in [3.05, 3.63) is 34.9 Å². The Kier molecular flexibility index (Phi) is 2.51. The minimum absolute atomic E-state index is 0.527. The zero-order chi connectivity index (χ0) is 9.97. The second kappa shape index (κ2) is 3.81. The predicted molar refractivity (Wildman–Crippen MR) is 55.5 cm³/mol. The monoisotopic (exact) mass is 186 g/mol. The number of fused-ring (bicyclic) bond motifs is 1. The predicted octanol–water partition coefficient (Wildman–Crippen LogP) is 2.09. The molecule has 14 heavy (non-hydrogen) atoms. The molecule has 0 spiro atoms. The molecule has 1 heterocycles. The maximum absolute atomic E-state index is 8.61. The molecule has 2 rings (SSSR count). The summed E-state index contributed by atoms with van der Waals surface area (Å²) in [7, 11) is 0. The maximum Gasteiger partial charge on any atom is 0.0669 e. The van der Waals surface area contributed by atoms with Gasteiger partial charge in [0.1, 0.15) is 0 Å². The zero-order valence-electron chi connectivity index (χ0n) is 8.45. The summed E-state index contributed by atoms with van der Waals surface area (Å²) in [5.41, 5.74) is 3.97. The van der Waals surface area contributed by atoms with Gasteiger partial charge in [-0.1, -0.05) is 25.1 Å². The first-order valence-electron chi connectivity index (χ1n) is 5.03. The van der Waals surface area contributed by atoms with Crippen LogP contribution in [0.3, 0.4) is 0 Å². The minimum atomic E-state index is 0.527. The molecule has 0 aromatic heterocycles. The molecule has 1 aromatic carbocycles. The van der Waals surface area contributed by atoms with Gasteiger partial charge >= 0.3 is 0 Å². The molecule has 1 aliphatic rings. The van der Waals surface area contributed by atoms with E-state index in [4.69, 9.17) is 5.26 Å². The smallest absolute Gasteiger partial charge is 0.0669 e. The van der Waals surface area contributed by atoms with E-state index in [1.54, 1.807) is 0 Å². The molecule has 0 saturated carbocycles. The minimum Gasteiger partial charge on any atom is -0.295 e. The number of nitriles is 1. The molecule has 0 amide bonds. The SMILES string of the molecule is CCN1Cc2ccc(CC#N)cc2C1. The Labute approximate surface area is 84.8 Å². The molecule has 0 aliphatic carbocycles. The van der Waals surface area contributed by atoms with E-state index in [-0.39, 0.29) is 0 Å². The second-order valence-electron chi connectivity index (χ2n) is 3.74. The van der Waals surface area contributed by atoms with Crippen LogP contribution in [0.25, 0.3) is 0 Å². The molecule has 72 valence electrons. The summed E-state index contributed by atoms with van der Waals surface area (Å²) in [6.07, 6.45) is 0.527. The van der Waals surface area contributed by atoms with E-state index < -0.39 is 0 Å². The highest BCUT2D eigenvalue weighted by Gasteiger charge is 2.16. The van der Waals surface area contributed by atoms with Crippen molar-refractivity contribution in [2.75, 3.05) is 6.54 Å². The lowest BCUT2D eigenvalue weighted by Crippen LogP contribution is -2.14. The molecular formula is C12H14N2. The number of hydrogen-bond acceptors (Lipinski definition) is 2. The Morgan fingerprint density at radius 3 is 2.86 bits per heavy atom. The molecule has 0 fully saturated rings. The van der Waals surface area contributed by atoms with Crippen molar-refractivity contribution in [3.63, 3.8) is 0 Å². The Morgan fingerprint density at radius 2 is 2.14 bits per heavy atom. The third-order valence-corrected chi connectivity index (χ3v) is 2.79. The first kappa shape index (κ1) is 9.23. The Bertz CT molecular complexity index is 376. The normalized spacial score (nSPS) is 15.1. The van der Waals surface area contributed by atoms with E-state index in [0.29, 0.717) is 6.42 Å². The van der Waals surface area contributed by atoms with Gasteiger partial charge in [-0.2, -0.15) is 5.26 Å². The summed E-state index contributed by atoms with van der Waals surface area (Å²) < 4.78 is 0. The molecule has 0 unspecified atom stereocenters. The van der Waals surface area contributed by atoms with Gasteiger partial charge in [0.15, 0.2) is 0 Å². The highest BCUT2D eigenvalue weighted by molar-refractivity contribution is 5.35. The lowest BCUT2D eigenvalue weighted by molar-refractivity contribution is 0.301. The first-order valence-corrected chi connectivity index (χ1v) is 5.03. The van der Waals surface area contributed by atoms with Crippen LogP contribution in [0.1, 0.15) is 23.6 Å². The highest BCUT2D eigenvalue weighted by atomic mass is 15.1. The van der Waals surface area contributed by atoms with Crippen molar-refractivity contribution in [2.24, 2.45) is 0 Å². The largest absolute Gasteiger partial charge is 0.295 e. The van der Waals surface area contributed by atoms with Gasteiger partial charge in [-0.25, -0.2) is 0 Å². The van der Waals surface area contributed by atoms with Crippen LogP contribution in [0, 0.1) is 11.3 Å². The van der Waals surface area contributed by atoms with Crippen molar-refractivity contribution < 1.29 is 0 Å². The molecule has 0 N–H and O–H groups in total. The van der Waals surface area contributed by atoms with E-state index in [1.807, 2.05) is 0 Å². The van der Waals surface area contributed by atoms with E-state index in [2.05, 4.69) is 36.1 Å². The maximum atomic E-state index is 8.61. The lowest BCUT2D eigenvalue weighted by atomic mass is 10.1. The van der Waals surface area contributed by atoms with Crippen LogP contribution in [-0.2, 0) is 19.5 Å². The molecule has 0 atom stereocenters. The summed E-state index contributed by atoms with van der Waals surface area (Å²) in [5, 5.41) is 8.61. The van der Waals surface area contributed by atoms with Gasteiger partial charge in [-0.05, 0) is 23.2 Å². The van der Waals surface area contributed by atoms with Gasteiger partial charge in [-0.3, -0.25) is 4.90 Å². The Hall–Kier alpha value is -1.33. The van der Waals surface area contributed by atoms with Crippen molar-refractivity contribution in [1.82, 2.24) is 4.90 Å². The van der Waals surface area contributed by atoms with E-state index in [1.165, 1.54) is 11.1 Å². The van der Waals surface area contributed by atoms with Crippen LogP contribution in [0.4, 0.5) is 0 Å². The quantitative estimate of drug-likeness (QED) is 0.707. The van der Waals surface area contributed by atoms with Crippen molar-refractivity contribution in [1.29, 1.82) is 5.26 Å². The fourth-order valence-electron chi connectivity index (χ4n) is 1.94. The van der Waals surface area contributed by atoms with E-state index in [9.17, 15) is 0 Å². The van der Waals surface area contributed by atoms with Crippen LogP contribution < -0.4 is 0 Å². The van der Waals surface area contributed by atoms with Gasteiger partial charge in [-0.15, -0.1) is 0 Å². The van der Waals surface area contributed by atoms with Crippen LogP contribution in [-0.4, -0.2) is 11.4 Å². The topological polar surface area (TPSA) is 27.0 Å². The van der Waals surface area contributed by atoms with Crippen LogP contribution in [0.15, 0.2) is 18.2 Å². The fraction of sp³-hybridized carbons (Fsp3) is 0.417. The molecule has 2 nitrogen and oxygen atoms in total. The lowest BCUT2D eigenvalue weighted by Gasteiger charge is -2.09. The molecule has 0 radical (unpaired) electrons. The van der Waals surface area contributed by atoms with Gasteiger partial charge in [0.05, 0.1) is 12.5 Å². The summed E-state index contributed by atoms with van der Waals surface area (Å²) in [4.78, 5) is 2.40. The number of benzene rings is 1. The third-order valence-electron chi connectivity index (χ3n) is 2.79. The van der Waals surface area contributed by atoms with E-state index in [0.717, 1.165) is 25.2 Å². The summed E-state index contributed by atoms with van der Waals surface area (Å²) in [6.45, 7) is 5.40. The van der Waals surface area contributed by atoms with Gasteiger partial charge in [0.25, 0.3) is 0 Å². The second-order valence-corrected chi connectivity index (χ2v) is 3.74. The molecule has 0 saturated heterocycles. The third kappa shape index (κ3) is 1.64. The number of rotatable bonds is 2. The summed E-state index contributed by atoms with van der Waals surface area (Å²) >= 11 is 0. The summed E-state index contributed by atoms with van der Waals surface area (Å²) in [6, 6.07) is 8.60. The average molecular weight is 186 g/mol. The molecule has 1 aromatic rings. The average Bonchev–Trinajstić information content (AvgIpc) is 2.60. The molecule has 2 heteroatoms. The van der Waals surface area contributed by atoms with Gasteiger partial charge in [0.2, 0.25) is 0 Å². The van der Waals surface area contributed by atoms with Crippen molar-refractivity contribution in [2.45, 2.75) is 26.4 Å². The molecule has 1 aliphatic heterocycles. The van der Waals surface area contributed by atoms with Crippen molar-refractivity contribution in [3.8, 4) is 6.07 Å². The van der Waals surface area contributed by atoms with Gasteiger partial charge < -0.3 is 0 Å². The molecule has 0 bridgehead atoms. The zero-order valence-corrected chi connectivity index (χ0v) is 8.45. The first-order chi connectivity index (χ1) is 6.83. The summed E-state index contributed by atoms with van der Waals surface area (Å²) in [5.74, 6) is 0. The van der Waals surface area contributed by atoms with Crippen LogP contribution >= 0.6 is 0 Å². The van der Waals surface area contributed by atoms with Crippen LogP contribution in [0.2, 0.25) is 0 Å². The van der Waals surface area contributed by atoms with Gasteiger partial charge in [0, 0.05) is 13.1 Å². The van der Waals surface area contributed by atoms with Crippen molar-refractivity contribution >= 4 is 0 Å². The standard InChI is InChI=1S/C12H14N2/c1-2-14-8-11-4-3-10(5-6-13)7-12(11)9-14/h3-4,7H,2,5,8-9H2,1H3. The number of nitrogens with zero attached hydrogens (tertiary/aromatic N) is 2. The fourth-order valence-corrected chi connectivity index (χ4v) is 1.94. The van der Waals surface area contributed by atoms with E-state index >= 15 is 0 Å². The van der Waals surface area contributed by atoms with Crippen LogP contribution in [0.5, 0.6) is 0 Å².